The van der Waals surface area contributed by atoms with E-state index in [2.05, 4.69) is 28.7 Å². The molecule has 2 rings (SSSR count). The number of fused-ring (bicyclic) bond motifs is 1. The molecule has 0 bridgehead atoms. The molecule has 0 saturated carbocycles. The summed E-state index contributed by atoms with van der Waals surface area (Å²) in [6, 6.07) is 5.78. The van der Waals surface area contributed by atoms with Gasteiger partial charge in [0.25, 0.3) is 0 Å². The first-order chi connectivity index (χ1) is 5.66. The minimum absolute atomic E-state index is 0.700. The van der Waals surface area contributed by atoms with E-state index in [4.69, 9.17) is 23.2 Å². The van der Waals surface area contributed by atoms with Crippen LogP contribution in [0.4, 0.5) is 0 Å². The van der Waals surface area contributed by atoms with Crippen LogP contribution in [0.2, 0.25) is 10.0 Å². The van der Waals surface area contributed by atoms with Crippen molar-refractivity contribution in [2.24, 2.45) is 0 Å². The topological polar surface area (TPSA) is 0 Å². The Labute approximate surface area is 97.6 Å². The van der Waals surface area contributed by atoms with E-state index in [0.29, 0.717) is 5.02 Å². The van der Waals surface area contributed by atoms with Crippen molar-refractivity contribution >= 4 is 67.2 Å². The van der Waals surface area contributed by atoms with E-state index in [-0.39, 0.29) is 0 Å². The van der Waals surface area contributed by atoms with Gasteiger partial charge in [-0.15, -0.1) is 11.3 Å². The molecule has 1 heterocycles. The van der Waals surface area contributed by atoms with Gasteiger partial charge in [-0.25, -0.2) is 0 Å². The molecule has 0 spiro atoms. The Bertz CT molecular complexity index is 436. The van der Waals surface area contributed by atoms with Crippen molar-refractivity contribution in [3.8, 4) is 0 Å². The molecular weight excluding hydrogens is 326 g/mol. The zero-order valence-corrected chi connectivity index (χ0v) is 10.3. The van der Waals surface area contributed by atoms with Crippen molar-refractivity contribution in [2.45, 2.75) is 0 Å². The number of hydrogen-bond donors (Lipinski definition) is 0. The maximum atomic E-state index is 5.99. The van der Waals surface area contributed by atoms with Gasteiger partial charge in [-0.2, -0.15) is 0 Å². The average molecular weight is 329 g/mol. The van der Waals surface area contributed by atoms with Gasteiger partial charge in [0.05, 0.1) is 7.91 Å². The predicted molar refractivity (Wildman–Crippen MR) is 64.6 cm³/mol. The molecule has 2 aromatic rings. The molecule has 0 aliphatic carbocycles. The number of rotatable bonds is 0. The van der Waals surface area contributed by atoms with E-state index < -0.39 is 0 Å². The zero-order chi connectivity index (χ0) is 8.72. The van der Waals surface area contributed by atoms with Crippen molar-refractivity contribution in [1.29, 1.82) is 0 Å². The second-order valence-electron chi connectivity index (χ2n) is 2.35. The summed E-state index contributed by atoms with van der Waals surface area (Å²) >= 11 is 15.8. The molecule has 0 aliphatic rings. The molecule has 12 heavy (non-hydrogen) atoms. The molecule has 0 fully saturated rings. The van der Waals surface area contributed by atoms with Gasteiger partial charge in [0, 0.05) is 15.1 Å². The highest BCUT2D eigenvalue weighted by atomic mass is 127. The molecule has 0 amide bonds. The smallest absolute Gasteiger partial charge is 0.0666 e. The van der Waals surface area contributed by atoms with Gasteiger partial charge in [0.15, 0.2) is 0 Å². The van der Waals surface area contributed by atoms with Crippen molar-refractivity contribution < 1.29 is 0 Å². The molecule has 0 unspecified atom stereocenters. The molecule has 0 atom stereocenters. The van der Waals surface area contributed by atoms with E-state index in [1.165, 1.54) is 2.88 Å². The van der Waals surface area contributed by atoms with E-state index in [1.54, 1.807) is 17.4 Å². The number of hydrogen-bond acceptors (Lipinski definition) is 1. The quantitative estimate of drug-likeness (QED) is 0.609. The van der Waals surface area contributed by atoms with Gasteiger partial charge < -0.3 is 0 Å². The van der Waals surface area contributed by atoms with E-state index >= 15 is 0 Å². The van der Waals surface area contributed by atoms with E-state index in [1.807, 2.05) is 6.07 Å². The fourth-order valence-electron chi connectivity index (χ4n) is 1.03. The lowest BCUT2D eigenvalue weighted by atomic mass is 10.3. The van der Waals surface area contributed by atoms with Crippen LogP contribution in [0.3, 0.4) is 0 Å². The third kappa shape index (κ3) is 1.58. The third-order valence-electron chi connectivity index (χ3n) is 1.52. The SMILES string of the molecule is Clc1cc(Cl)c2cc(I)sc2c1. The van der Waals surface area contributed by atoms with Gasteiger partial charge in [-0.1, -0.05) is 23.2 Å². The monoisotopic (exact) mass is 328 g/mol. The van der Waals surface area contributed by atoms with E-state index in [0.717, 1.165) is 15.1 Å². The molecule has 1 aromatic heterocycles. The van der Waals surface area contributed by atoms with Gasteiger partial charge in [0.1, 0.15) is 0 Å². The molecule has 0 N–H and O–H groups in total. The van der Waals surface area contributed by atoms with Gasteiger partial charge >= 0.3 is 0 Å². The summed E-state index contributed by atoms with van der Waals surface area (Å²) in [6.45, 7) is 0. The standard InChI is InChI=1S/C8H3Cl2IS/c9-4-1-6(10)5-3-8(11)12-7(5)2-4/h1-3H. The minimum atomic E-state index is 0.700. The number of benzene rings is 1. The molecule has 4 heteroatoms. The van der Waals surface area contributed by atoms with Gasteiger partial charge in [-0.3, -0.25) is 0 Å². The largest absolute Gasteiger partial charge is 0.129 e. The highest BCUT2D eigenvalue weighted by Crippen LogP contribution is 2.34. The lowest BCUT2D eigenvalue weighted by Gasteiger charge is -1.93. The van der Waals surface area contributed by atoms with Crippen molar-refractivity contribution in [3.05, 3.63) is 31.1 Å². The van der Waals surface area contributed by atoms with Crippen LogP contribution in [0.5, 0.6) is 0 Å². The summed E-state index contributed by atoms with van der Waals surface area (Å²) < 4.78 is 2.38. The Hall–Kier alpha value is 0.490. The minimum Gasteiger partial charge on any atom is -0.129 e. The Morgan fingerprint density at radius 3 is 2.67 bits per heavy atom. The Kier molecular flexibility index (Phi) is 2.51. The lowest BCUT2D eigenvalue weighted by Crippen LogP contribution is -1.66. The van der Waals surface area contributed by atoms with Crippen LogP contribution < -0.4 is 0 Å². The highest BCUT2D eigenvalue weighted by molar-refractivity contribution is 14.1. The maximum absolute atomic E-state index is 5.99. The first kappa shape index (κ1) is 9.06. The number of halogens is 3. The van der Waals surface area contributed by atoms with Crippen LogP contribution >= 0.6 is 57.1 Å². The van der Waals surface area contributed by atoms with Crippen molar-refractivity contribution in [1.82, 2.24) is 0 Å². The second-order valence-corrected chi connectivity index (χ2v) is 6.17. The fourth-order valence-corrected chi connectivity index (χ4v) is 3.58. The van der Waals surface area contributed by atoms with Crippen LogP contribution in [0, 0.1) is 2.88 Å². The van der Waals surface area contributed by atoms with Crippen LogP contribution in [-0.4, -0.2) is 0 Å². The Morgan fingerprint density at radius 2 is 1.92 bits per heavy atom. The molecule has 0 nitrogen and oxygen atoms in total. The first-order valence-corrected chi connectivity index (χ1v) is 5.86. The molecular formula is C8H3Cl2IS. The third-order valence-corrected chi connectivity index (χ3v) is 3.90. The summed E-state index contributed by atoms with van der Waals surface area (Å²) in [5, 5.41) is 2.53. The predicted octanol–water partition coefficient (Wildman–Crippen LogP) is 4.81. The molecule has 0 saturated heterocycles. The summed E-state index contributed by atoms with van der Waals surface area (Å²) in [4.78, 5) is 0. The molecule has 0 aliphatic heterocycles. The van der Waals surface area contributed by atoms with Crippen molar-refractivity contribution in [2.75, 3.05) is 0 Å². The fraction of sp³-hybridized carbons (Fsp3) is 0. The van der Waals surface area contributed by atoms with Crippen molar-refractivity contribution in [3.63, 3.8) is 0 Å². The van der Waals surface area contributed by atoms with Crippen LogP contribution in [-0.2, 0) is 0 Å². The van der Waals surface area contributed by atoms with Gasteiger partial charge in [-0.05, 0) is 40.8 Å². The normalized spacial score (nSPS) is 10.9. The summed E-state index contributed by atoms with van der Waals surface area (Å²) in [5.41, 5.74) is 0. The van der Waals surface area contributed by atoms with Crippen LogP contribution in [0.15, 0.2) is 18.2 Å². The zero-order valence-electron chi connectivity index (χ0n) is 5.77. The van der Waals surface area contributed by atoms with Crippen LogP contribution in [0.1, 0.15) is 0 Å². The summed E-state index contributed by atoms with van der Waals surface area (Å²) in [5.74, 6) is 0. The van der Waals surface area contributed by atoms with Gasteiger partial charge in [0.2, 0.25) is 0 Å². The maximum Gasteiger partial charge on any atom is 0.0666 e. The molecule has 62 valence electrons. The Balaban J connectivity index is 2.88. The molecule has 0 radical (unpaired) electrons. The number of thiophene rings is 1. The van der Waals surface area contributed by atoms with Crippen LogP contribution in [0.25, 0.3) is 10.1 Å². The summed E-state index contributed by atoms with van der Waals surface area (Å²) in [7, 11) is 0. The molecule has 1 aromatic carbocycles. The first-order valence-electron chi connectivity index (χ1n) is 3.21. The Morgan fingerprint density at radius 1 is 1.17 bits per heavy atom. The summed E-state index contributed by atoms with van der Waals surface area (Å²) in [6.07, 6.45) is 0. The second kappa shape index (κ2) is 3.33. The highest BCUT2D eigenvalue weighted by Gasteiger charge is 2.04. The average Bonchev–Trinajstić information content (AvgIpc) is 2.29. The van der Waals surface area contributed by atoms with E-state index in [9.17, 15) is 0 Å². The lowest BCUT2D eigenvalue weighted by molar-refractivity contribution is 1.84.